The van der Waals surface area contributed by atoms with Gasteiger partial charge < -0.3 is 9.57 Å². The lowest BCUT2D eigenvalue weighted by Gasteiger charge is -2.14. The normalized spacial score (nSPS) is 13.1. The molecular formula is C18H18F3N5O4. The minimum Gasteiger partial charge on any atom is -0.468 e. The number of carbonyl (C=O) groups is 2. The zero-order valence-corrected chi connectivity index (χ0v) is 16.3. The number of ether oxygens (including phenoxy) is 1. The van der Waals surface area contributed by atoms with Crippen LogP contribution in [0.2, 0.25) is 0 Å². The molecule has 30 heavy (non-hydrogen) atoms. The van der Waals surface area contributed by atoms with Crippen LogP contribution in [0.1, 0.15) is 35.6 Å². The highest BCUT2D eigenvalue weighted by molar-refractivity contribution is 5.94. The second-order valence-corrected chi connectivity index (χ2v) is 6.81. The number of hydrogen-bond acceptors (Lipinski definition) is 7. The molecule has 0 spiro atoms. The van der Waals surface area contributed by atoms with Gasteiger partial charge in [0.05, 0.1) is 6.54 Å². The predicted molar refractivity (Wildman–Crippen MR) is 96.5 cm³/mol. The Morgan fingerprint density at radius 1 is 1.27 bits per heavy atom. The second-order valence-electron chi connectivity index (χ2n) is 6.81. The van der Waals surface area contributed by atoms with Crippen molar-refractivity contribution in [2.45, 2.75) is 33.5 Å². The van der Waals surface area contributed by atoms with Gasteiger partial charge in [-0.25, -0.2) is 9.97 Å². The summed E-state index contributed by atoms with van der Waals surface area (Å²) in [5.41, 5.74) is 0.912. The molecule has 3 rings (SSSR count). The van der Waals surface area contributed by atoms with Crippen molar-refractivity contribution in [3.05, 3.63) is 35.2 Å². The Bertz CT molecular complexity index is 981. The number of aromatic nitrogens is 3. The highest BCUT2D eigenvalue weighted by Gasteiger charge is 2.31. The summed E-state index contributed by atoms with van der Waals surface area (Å²) < 4.78 is 41.4. The summed E-state index contributed by atoms with van der Waals surface area (Å²) >= 11 is 0. The summed E-state index contributed by atoms with van der Waals surface area (Å²) in [5, 5.41) is 3.48. The van der Waals surface area contributed by atoms with Crippen molar-refractivity contribution in [2.75, 3.05) is 11.9 Å². The van der Waals surface area contributed by atoms with Crippen LogP contribution in [0.15, 0.2) is 18.2 Å². The average molecular weight is 425 g/mol. The topological polar surface area (TPSA) is 107 Å². The molecule has 0 saturated heterocycles. The van der Waals surface area contributed by atoms with E-state index in [4.69, 9.17) is 4.84 Å². The Labute approximate surface area is 169 Å². The maximum Gasteiger partial charge on any atom is 0.422 e. The van der Waals surface area contributed by atoms with E-state index in [1.165, 1.54) is 18.2 Å². The average Bonchev–Trinajstić information content (AvgIpc) is 3.07. The van der Waals surface area contributed by atoms with Gasteiger partial charge in [0.1, 0.15) is 5.69 Å². The van der Waals surface area contributed by atoms with Crippen molar-refractivity contribution in [1.29, 1.82) is 0 Å². The fourth-order valence-corrected chi connectivity index (χ4v) is 2.41. The van der Waals surface area contributed by atoms with Crippen molar-refractivity contribution >= 4 is 17.8 Å². The van der Waals surface area contributed by atoms with E-state index in [2.05, 4.69) is 25.0 Å². The number of amides is 2. The smallest absolute Gasteiger partial charge is 0.422 e. The van der Waals surface area contributed by atoms with Gasteiger partial charge in [0.2, 0.25) is 17.7 Å². The molecule has 2 aromatic rings. The quantitative estimate of drug-likeness (QED) is 0.785. The van der Waals surface area contributed by atoms with Gasteiger partial charge in [-0.05, 0) is 19.1 Å². The summed E-state index contributed by atoms with van der Waals surface area (Å²) in [6.45, 7) is 3.55. The molecule has 1 N–H and O–H groups in total. The number of rotatable bonds is 5. The van der Waals surface area contributed by atoms with Crippen LogP contribution >= 0.6 is 0 Å². The number of fused-ring (bicyclic) bond motifs is 1. The number of hydrogen-bond donors (Lipinski definition) is 1. The number of alkyl halides is 3. The standard InChI is InChI=1S/C18H18F3N5O4/c1-9(2)14(27)25-17-22-10(3)6-12(23-17)16(28)26-7-11-4-5-13(24-15(11)30-26)29-8-18(19,20)21/h4-6,9H,7-8H2,1-3H3,(H,22,23,25,27). The van der Waals surface area contributed by atoms with Crippen LogP contribution in [-0.2, 0) is 11.3 Å². The molecule has 160 valence electrons. The van der Waals surface area contributed by atoms with Gasteiger partial charge in [-0.2, -0.15) is 23.2 Å². The van der Waals surface area contributed by atoms with Crippen molar-refractivity contribution in [1.82, 2.24) is 20.0 Å². The molecule has 0 atom stereocenters. The number of carbonyl (C=O) groups excluding carboxylic acids is 2. The van der Waals surface area contributed by atoms with E-state index >= 15 is 0 Å². The molecule has 0 aliphatic carbocycles. The van der Waals surface area contributed by atoms with Crippen LogP contribution in [0.3, 0.4) is 0 Å². The van der Waals surface area contributed by atoms with Gasteiger partial charge in [0.15, 0.2) is 6.61 Å². The fraction of sp³-hybridized carbons (Fsp3) is 0.389. The van der Waals surface area contributed by atoms with Gasteiger partial charge >= 0.3 is 12.1 Å². The molecule has 3 heterocycles. The molecule has 0 saturated carbocycles. The number of pyridine rings is 1. The van der Waals surface area contributed by atoms with Gasteiger partial charge in [0, 0.05) is 23.2 Å². The summed E-state index contributed by atoms with van der Waals surface area (Å²) in [6, 6.07) is 4.14. The van der Waals surface area contributed by atoms with Gasteiger partial charge in [-0.3, -0.25) is 14.9 Å². The Morgan fingerprint density at radius 3 is 2.67 bits per heavy atom. The van der Waals surface area contributed by atoms with E-state index in [-0.39, 0.29) is 41.8 Å². The van der Waals surface area contributed by atoms with Crippen LogP contribution in [-0.4, -0.2) is 44.6 Å². The molecule has 1 aliphatic heterocycles. The maximum atomic E-state index is 12.8. The van der Waals surface area contributed by atoms with Gasteiger partial charge in [-0.15, -0.1) is 0 Å². The van der Waals surface area contributed by atoms with Crippen LogP contribution in [0, 0.1) is 12.8 Å². The lowest BCUT2D eigenvalue weighted by atomic mass is 10.2. The SMILES string of the molecule is Cc1cc(C(=O)N2Cc3ccc(OCC(F)(F)F)nc3O2)nc(NC(=O)C(C)C)n1. The largest absolute Gasteiger partial charge is 0.468 e. The molecule has 0 unspecified atom stereocenters. The van der Waals surface area contributed by atoms with Crippen LogP contribution in [0.25, 0.3) is 0 Å². The molecule has 0 fully saturated rings. The third kappa shape index (κ3) is 5.13. The number of halogens is 3. The maximum absolute atomic E-state index is 12.8. The van der Waals surface area contributed by atoms with E-state index in [0.717, 1.165) is 5.06 Å². The van der Waals surface area contributed by atoms with E-state index in [1.807, 2.05) is 0 Å². The third-order valence-electron chi connectivity index (χ3n) is 3.87. The Kier molecular flexibility index (Phi) is 5.76. The summed E-state index contributed by atoms with van der Waals surface area (Å²) in [4.78, 5) is 42.0. The minimum atomic E-state index is -4.50. The highest BCUT2D eigenvalue weighted by atomic mass is 19.4. The molecule has 0 bridgehead atoms. The van der Waals surface area contributed by atoms with Gasteiger partial charge in [-0.1, -0.05) is 13.8 Å². The first-order chi connectivity index (χ1) is 14.0. The predicted octanol–water partition coefficient (Wildman–Crippen LogP) is 2.67. The molecule has 9 nitrogen and oxygen atoms in total. The first kappa shape index (κ1) is 21.3. The van der Waals surface area contributed by atoms with Crippen LogP contribution < -0.4 is 14.9 Å². The zero-order valence-electron chi connectivity index (χ0n) is 16.3. The molecular weight excluding hydrogens is 407 g/mol. The van der Waals surface area contributed by atoms with E-state index in [1.54, 1.807) is 20.8 Å². The molecule has 2 amide bonds. The number of anilines is 1. The lowest BCUT2D eigenvalue weighted by molar-refractivity contribution is -0.154. The molecule has 0 radical (unpaired) electrons. The first-order valence-electron chi connectivity index (χ1n) is 8.87. The summed E-state index contributed by atoms with van der Waals surface area (Å²) in [7, 11) is 0. The number of nitrogens with one attached hydrogen (secondary N) is 1. The molecule has 2 aromatic heterocycles. The minimum absolute atomic E-state index is 0.0114. The second kappa shape index (κ2) is 8.13. The molecule has 12 heteroatoms. The van der Waals surface area contributed by atoms with Gasteiger partial charge in [0.25, 0.3) is 5.88 Å². The van der Waals surface area contributed by atoms with E-state index < -0.39 is 18.7 Å². The van der Waals surface area contributed by atoms with Crippen LogP contribution in [0.4, 0.5) is 19.1 Å². The first-order valence-corrected chi connectivity index (χ1v) is 8.87. The number of aryl methyl sites for hydroxylation is 1. The van der Waals surface area contributed by atoms with E-state index in [9.17, 15) is 22.8 Å². The Morgan fingerprint density at radius 2 is 2.00 bits per heavy atom. The third-order valence-corrected chi connectivity index (χ3v) is 3.87. The monoisotopic (exact) mass is 425 g/mol. The molecule has 1 aliphatic rings. The summed E-state index contributed by atoms with van der Waals surface area (Å²) in [5.74, 6) is -1.57. The number of nitrogens with zero attached hydrogens (tertiary/aromatic N) is 4. The zero-order chi connectivity index (χ0) is 22.1. The number of hydroxylamine groups is 2. The van der Waals surface area contributed by atoms with Crippen molar-refractivity contribution in [3.8, 4) is 11.8 Å². The van der Waals surface area contributed by atoms with Crippen molar-refractivity contribution in [3.63, 3.8) is 0 Å². The van der Waals surface area contributed by atoms with E-state index in [0.29, 0.717) is 11.3 Å². The Hall–Kier alpha value is -3.44. The molecule has 0 aromatic carbocycles. The summed E-state index contributed by atoms with van der Waals surface area (Å²) in [6.07, 6.45) is -4.50. The highest BCUT2D eigenvalue weighted by Crippen LogP contribution is 2.29. The van der Waals surface area contributed by atoms with Crippen molar-refractivity contribution in [2.24, 2.45) is 5.92 Å². The Balaban J connectivity index is 1.73. The van der Waals surface area contributed by atoms with Crippen LogP contribution in [0.5, 0.6) is 11.8 Å². The van der Waals surface area contributed by atoms with Crippen molar-refractivity contribution < 1.29 is 32.3 Å². The fourth-order valence-electron chi connectivity index (χ4n) is 2.41. The lowest BCUT2D eigenvalue weighted by Crippen LogP contribution is -2.31.